The molecular weight excluding hydrogens is 552 g/mol. The van der Waals surface area contributed by atoms with E-state index < -0.39 is 53.5 Å². The van der Waals surface area contributed by atoms with Gasteiger partial charge in [-0.25, -0.2) is 23.6 Å². The molecule has 1 amide bonds. The summed E-state index contributed by atoms with van der Waals surface area (Å²) in [5.74, 6) is -1.92. The van der Waals surface area contributed by atoms with E-state index in [0.717, 1.165) is 0 Å². The molecule has 0 aliphatic carbocycles. The first kappa shape index (κ1) is 30.1. The van der Waals surface area contributed by atoms with Gasteiger partial charge in [0.1, 0.15) is 29.2 Å². The lowest BCUT2D eigenvalue weighted by Gasteiger charge is -2.36. The van der Waals surface area contributed by atoms with Crippen LogP contribution in [0.15, 0.2) is 12.4 Å². The van der Waals surface area contributed by atoms with Crippen molar-refractivity contribution in [2.75, 3.05) is 37.3 Å². The lowest BCUT2D eigenvalue weighted by Crippen LogP contribution is -2.53. The molecule has 39 heavy (non-hydrogen) atoms. The molecule has 2 aromatic rings. The molecule has 17 heteroatoms. The van der Waals surface area contributed by atoms with Crippen molar-refractivity contribution in [2.24, 2.45) is 0 Å². The molecule has 0 spiro atoms. The van der Waals surface area contributed by atoms with Crippen LogP contribution in [-0.2, 0) is 15.7 Å². The Morgan fingerprint density at radius 2 is 1.97 bits per heavy atom. The first-order valence-corrected chi connectivity index (χ1v) is 12.2. The number of piperidine rings is 1. The molecule has 0 aromatic carbocycles. The number of aromatic nitrogens is 4. The zero-order valence-corrected chi connectivity index (χ0v) is 22.3. The van der Waals surface area contributed by atoms with Crippen molar-refractivity contribution in [3.05, 3.63) is 23.1 Å². The van der Waals surface area contributed by atoms with E-state index in [-0.39, 0.29) is 42.8 Å². The molecule has 1 fully saturated rings. The maximum atomic E-state index is 15.2. The van der Waals surface area contributed by atoms with Crippen LogP contribution in [-0.4, -0.2) is 86.3 Å². The van der Waals surface area contributed by atoms with Crippen LogP contribution in [0.1, 0.15) is 38.8 Å². The molecule has 1 aliphatic heterocycles. The first-order chi connectivity index (χ1) is 18.1. The van der Waals surface area contributed by atoms with Gasteiger partial charge < -0.3 is 25.8 Å². The number of nitrogens with one attached hydrogen (secondary N) is 3. The van der Waals surface area contributed by atoms with Gasteiger partial charge in [0.25, 0.3) is 0 Å². The van der Waals surface area contributed by atoms with E-state index >= 15 is 4.39 Å². The van der Waals surface area contributed by atoms with Crippen LogP contribution in [0.25, 0.3) is 0 Å². The van der Waals surface area contributed by atoms with Crippen LogP contribution < -0.4 is 16.0 Å². The highest BCUT2D eigenvalue weighted by molar-refractivity contribution is 6.32. The van der Waals surface area contributed by atoms with Gasteiger partial charge in [0.05, 0.1) is 17.9 Å². The second-order valence-electron chi connectivity index (χ2n) is 9.79. The van der Waals surface area contributed by atoms with Crippen molar-refractivity contribution in [1.82, 2.24) is 30.0 Å². The van der Waals surface area contributed by atoms with E-state index in [2.05, 4.69) is 31.0 Å². The Labute approximate surface area is 226 Å². The molecule has 0 bridgehead atoms. The van der Waals surface area contributed by atoms with Crippen molar-refractivity contribution in [3.63, 3.8) is 0 Å². The van der Waals surface area contributed by atoms with Gasteiger partial charge in [-0.3, -0.25) is 4.90 Å². The number of nitrogens with zero attached hydrogens (tertiary/aromatic N) is 5. The molecule has 4 N–H and O–H groups in total. The Bertz CT molecular complexity index is 1190. The minimum absolute atomic E-state index is 0.0133. The summed E-state index contributed by atoms with van der Waals surface area (Å²) in [6, 6.07) is -2.12. The number of carboxylic acid groups (broad SMARTS) is 1. The molecule has 216 valence electrons. The number of anilines is 3. The fourth-order valence-corrected chi connectivity index (χ4v) is 4.18. The van der Waals surface area contributed by atoms with Gasteiger partial charge in [-0.2, -0.15) is 23.3 Å². The number of hydrogen-bond donors (Lipinski definition) is 4. The average molecular weight is 581 g/mol. The van der Waals surface area contributed by atoms with Gasteiger partial charge >= 0.3 is 18.2 Å². The van der Waals surface area contributed by atoms with Crippen molar-refractivity contribution in [2.45, 2.75) is 57.2 Å². The van der Waals surface area contributed by atoms with Crippen LogP contribution in [0, 0.1) is 0 Å². The summed E-state index contributed by atoms with van der Waals surface area (Å²) in [6.07, 6.45) is -4.95. The van der Waals surface area contributed by atoms with E-state index in [9.17, 15) is 27.9 Å². The van der Waals surface area contributed by atoms with Gasteiger partial charge in [-0.15, -0.1) is 0 Å². The summed E-state index contributed by atoms with van der Waals surface area (Å²) in [6.45, 7) is 4.88. The normalized spacial score (nSPS) is 19.3. The zero-order valence-electron chi connectivity index (χ0n) is 21.5. The van der Waals surface area contributed by atoms with Gasteiger partial charge in [-0.1, -0.05) is 11.6 Å². The van der Waals surface area contributed by atoms with Crippen molar-refractivity contribution in [1.29, 1.82) is 0 Å². The molecule has 2 aromatic heterocycles. The van der Waals surface area contributed by atoms with Gasteiger partial charge in [-0.05, 0) is 27.2 Å². The molecule has 0 radical (unpaired) electrons. The van der Waals surface area contributed by atoms with Crippen molar-refractivity contribution < 1.29 is 37.0 Å². The maximum absolute atomic E-state index is 15.2. The summed E-state index contributed by atoms with van der Waals surface area (Å²) in [7, 11) is 1.28. The van der Waals surface area contributed by atoms with Crippen LogP contribution in [0.4, 0.5) is 39.8 Å². The topological polar surface area (TPSA) is 147 Å². The fraction of sp³-hybridized carbons (Fsp3) is 0.591. The Kier molecular flexibility index (Phi) is 9.10. The second-order valence-corrected chi connectivity index (χ2v) is 10.1. The number of alkyl carbamates (subject to hydrolysis) is 1. The number of amides is 1. The van der Waals surface area contributed by atoms with Crippen LogP contribution >= 0.6 is 11.6 Å². The summed E-state index contributed by atoms with van der Waals surface area (Å²) >= 11 is 6.39. The van der Waals surface area contributed by atoms with Crippen LogP contribution in [0.2, 0.25) is 5.15 Å². The molecule has 0 saturated carbocycles. The highest BCUT2D eigenvalue weighted by Crippen LogP contribution is 2.35. The summed E-state index contributed by atoms with van der Waals surface area (Å²) in [4.78, 5) is 32.7. The number of likely N-dealkylation sites (tertiary alicyclic amines) is 1. The lowest BCUT2D eigenvalue weighted by molar-refractivity contribution is -0.140. The maximum Gasteiger partial charge on any atom is 0.421 e. The quantitative estimate of drug-likeness (QED) is 0.341. The Balaban J connectivity index is 1.65. The largest absolute Gasteiger partial charge is 0.480 e. The summed E-state index contributed by atoms with van der Waals surface area (Å²) < 4.78 is 60.8. The molecule has 1 saturated heterocycles. The van der Waals surface area contributed by atoms with Crippen molar-refractivity contribution >= 4 is 41.1 Å². The van der Waals surface area contributed by atoms with Crippen molar-refractivity contribution in [3.8, 4) is 0 Å². The third-order valence-electron chi connectivity index (χ3n) is 5.65. The first-order valence-electron chi connectivity index (χ1n) is 11.8. The number of carboxylic acids is 1. The predicted molar refractivity (Wildman–Crippen MR) is 133 cm³/mol. The number of aliphatic carboxylic acids is 1. The Hall–Kier alpha value is -3.40. The Morgan fingerprint density at radius 3 is 2.54 bits per heavy atom. The van der Waals surface area contributed by atoms with Gasteiger partial charge in [0.15, 0.2) is 5.15 Å². The Morgan fingerprint density at radius 1 is 1.28 bits per heavy atom. The van der Waals surface area contributed by atoms with Gasteiger partial charge in [0, 0.05) is 32.9 Å². The van der Waals surface area contributed by atoms with E-state index in [1.165, 1.54) is 17.9 Å². The highest BCUT2D eigenvalue weighted by Gasteiger charge is 2.36. The summed E-state index contributed by atoms with van der Waals surface area (Å²) in [5.41, 5.74) is -1.71. The van der Waals surface area contributed by atoms with Crippen LogP contribution in [0.3, 0.4) is 0 Å². The lowest BCUT2D eigenvalue weighted by atomic mass is 10.0. The highest BCUT2D eigenvalue weighted by atomic mass is 35.5. The van der Waals surface area contributed by atoms with E-state index in [4.69, 9.17) is 16.3 Å². The number of carbonyl (C=O) groups is 2. The fourth-order valence-electron chi connectivity index (χ4n) is 3.91. The standard InChI is InChI=1S/C22H29ClF4N8O4/c1-21(2,3)39-20(38)32-14(18(36)37)10-34-6-5-15(12(24)9-34)35-16(23)13(8-30-35)31-19-29-7-11(22(25,26)27)17(28-4)33-19/h7-8,12,14-15H,5-6,9-10H2,1-4H3,(H,32,38)(H,36,37)(H2,28,29,31,33)/t12-,14-,15-/m0/s1. The third kappa shape index (κ3) is 7.81. The molecule has 12 nitrogen and oxygen atoms in total. The molecule has 1 aliphatic rings. The zero-order chi connectivity index (χ0) is 29.1. The van der Waals surface area contributed by atoms with Gasteiger partial charge in [0.2, 0.25) is 5.95 Å². The monoisotopic (exact) mass is 580 g/mol. The second kappa shape index (κ2) is 11.8. The number of hydrogen-bond acceptors (Lipinski definition) is 9. The third-order valence-corrected chi connectivity index (χ3v) is 6.02. The summed E-state index contributed by atoms with van der Waals surface area (Å²) in [5, 5.41) is 20.9. The number of rotatable bonds is 8. The molecule has 3 atom stereocenters. The molecule has 3 rings (SSSR count). The number of carbonyl (C=O) groups excluding carboxylic acids is 1. The molecule has 3 heterocycles. The number of alkyl halides is 4. The minimum atomic E-state index is -4.65. The average Bonchev–Trinajstić information content (AvgIpc) is 3.16. The van der Waals surface area contributed by atoms with E-state index in [1.54, 1.807) is 25.7 Å². The van der Waals surface area contributed by atoms with E-state index in [0.29, 0.717) is 6.20 Å². The molecular formula is C22H29ClF4N8O4. The minimum Gasteiger partial charge on any atom is -0.480 e. The number of ether oxygens (including phenoxy) is 1. The SMILES string of the molecule is CNc1nc(Nc2cnn([C@H]3CCN(C[C@H](NC(=O)OC(C)(C)C)C(=O)O)C[C@@H]3F)c2Cl)ncc1C(F)(F)F. The smallest absolute Gasteiger partial charge is 0.421 e. The van der Waals surface area contributed by atoms with E-state index in [1.807, 2.05) is 0 Å². The molecule has 0 unspecified atom stereocenters. The number of halogens is 5. The van der Waals surface area contributed by atoms with Crippen LogP contribution in [0.5, 0.6) is 0 Å². The predicted octanol–water partition coefficient (Wildman–Crippen LogP) is 3.69.